The molecule has 1 heteroatoms. The predicted molar refractivity (Wildman–Crippen MR) is 74.5 cm³/mol. The van der Waals surface area contributed by atoms with Gasteiger partial charge >= 0.3 is 0 Å². The van der Waals surface area contributed by atoms with Crippen LogP contribution in [0.1, 0.15) is 18.1 Å². The van der Waals surface area contributed by atoms with Crippen LogP contribution >= 0.6 is 0 Å². The number of benzene rings is 2. The first kappa shape index (κ1) is 11.7. The molecule has 1 nitrogen and oxygen atoms in total. The third kappa shape index (κ3) is 3.63. The van der Waals surface area contributed by atoms with Crippen LogP contribution in [0.15, 0.2) is 54.6 Å². The Labute approximate surface area is 103 Å². The lowest BCUT2D eigenvalue weighted by atomic mass is 10.0. The van der Waals surface area contributed by atoms with Crippen LogP contribution < -0.4 is 5.32 Å². The second kappa shape index (κ2) is 6.09. The largest absolute Gasteiger partial charge is 0.385 e. The van der Waals surface area contributed by atoms with Crippen molar-refractivity contribution in [3.8, 4) is 0 Å². The van der Waals surface area contributed by atoms with Crippen LogP contribution in [0.3, 0.4) is 0 Å². The first-order chi connectivity index (χ1) is 8.38. The van der Waals surface area contributed by atoms with Crippen LogP contribution in [0.5, 0.6) is 0 Å². The van der Waals surface area contributed by atoms with E-state index in [-0.39, 0.29) is 0 Å². The molecule has 0 aliphatic carbocycles. The van der Waals surface area contributed by atoms with Gasteiger partial charge in [-0.15, -0.1) is 0 Å². The summed E-state index contributed by atoms with van der Waals surface area (Å²) < 4.78 is 0. The molecule has 17 heavy (non-hydrogen) atoms. The van der Waals surface area contributed by atoms with Crippen molar-refractivity contribution in [1.82, 2.24) is 0 Å². The van der Waals surface area contributed by atoms with E-state index < -0.39 is 0 Å². The van der Waals surface area contributed by atoms with E-state index >= 15 is 0 Å². The van der Waals surface area contributed by atoms with Gasteiger partial charge in [0.05, 0.1) is 0 Å². The highest BCUT2D eigenvalue weighted by molar-refractivity contribution is 5.44. The van der Waals surface area contributed by atoms with Crippen molar-refractivity contribution < 1.29 is 0 Å². The van der Waals surface area contributed by atoms with E-state index in [0.717, 1.165) is 19.4 Å². The molecule has 0 aliphatic heterocycles. The third-order valence-corrected chi connectivity index (χ3v) is 2.88. The third-order valence-electron chi connectivity index (χ3n) is 2.88. The maximum absolute atomic E-state index is 3.31. The minimum Gasteiger partial charge on any atom is -0.385 e. The van der Waals surface area contributed by atoms with Crippen LogP contribution in [0.4, 0.5) is 5.69 Å². The lowest BCUT2D eigenvalue weighted by Crippen LogP contribution is -1.96. The molecule has 2 rings (SSSR count). The zero-order valence-electron chi connectivity index (χ0n) is 10.3. The first-order valence-corrected chi connectivity index (χ1v) is 6.25. The van der Waals surface area contributed by atoms with Gasteiger partial charge in [-0.25, -0.2) is 0 Å². The zero-order chi connectivity index (χ0) is 11.9. The van der Waals surface area contributed by atoms with E-state index in [4.69, 9.17) is 0 Å². The molecule has 0 saturated carbocycles. The average molecular weight is 225 g/mol. The Kier molecular flexibility index (Phi) is 4.20. The Balaban J connectivity index is 1.91. The monoisotopic (exact) mass is 225 g/mol. The molecule has 0 fully saturated rings. The van der Waals surface area contributed by atoms with Crippen LogP contribution in [0.2, 0.25) is 0 Å². The molecule has 0 heterocycles. The van der Waals surface area contributed by atoms with Gasteiger partial charge in [0, 0.05) is 12.2 Å². The van der Waals surface area contributed by atoms with E-state index in [1.165, 1.54) is 16.8 Å². The van der Waals surface area contributed by atoms with Crippen molar-refractivity contribution in [2.45, 2.75) is 19.8 Å². The molecule has 88 valence electrons. The van der Waals surface area contributed by atoms with Crippen LogP contribution in [-0.2, 0) is 12.8 Å². The number of aryl methyl sites for hydroxylation is 2. The van der Waals surface area contributed by atoms with Crippen molar-refractivity contribution >= 4 is 5.69 Å². The zero-order valence-corrected chi connectivity index (χ0v) is 10.3. The molecule has 2 aromatic rings. The normalized spacial score (nSPS) is 10.2. The van der Waals surface area contributed by atoms with Gasteiger partial charge in [0.25, 0.3) is 0 Å². The second-order valence-electron chi connectivity index (χ2n) is 4.21. The molecule has 0 amide bonds. The van der Waals surface area contributed by atoms with Gasteiger partial charge < -0.3 is 5.32 Å². The molecule has 0 bridgehead atoms. The summed E-state index contributed by atoms with van der Waals surface area (Å²) in [6, 6.07) is 19.4. The Morgan fingerprint density at radius 1 is 0.765 bits per heavy atom. The maximum atomic E-state index is 3.31. The van der Waals surface area contributed by atoms with Gasteiger partial charge in [-0.1, -0.05) is 42.5 Å². The van der Waals surface area contributed by atoms with Gasteiger partial charge in [0.15, 0.2) is 0 Å². The fourth-order valence-corrected chi connectivity index (χ4v) is 1.93. The highest BCUT2D eigenvalue weighted by Crippen LogP contribution is 2.11. The smallest absolute Gasteiger partial charge is 0.0340 e. The highest BCUT2D eigenvalue weighted by Gasteiger charge is 1.96. The number of nitrogens with one attached hydrogen (secondary N) is 1. The fraction of sp³-hybridized carbons (Fsp3) is 0.250. The molecular formula is C16H19N. The number of rotatable bonds is 5. The standard InChI is InChI=1S/C16H19N/c1-2-17-16-12-10-15(11-13-16)9-8-14-6-4-3-5-7-14/h3-7,10-13,17H,2,8-9H2,1H3. The molecule has 0 saturated heterocycles. The first-order valence-electron chi connectivity index (χ1n) is 6.25. The number of hydrogen-bond donors (Lipinski definition) is 1. The lowest BCUT2D eigenvalue weighted by molar-refractivity contribution is 0.960. The molecule has 0 unspecified atom stereocenters. The van der Waals surface area contributed by atoms with Crippen molar-refractivity contribution in [3.05, 3.63) is 65.7 Å². The Hall–Kier alpha value is -1.76. The molecule has 0 spiro atoms. The van der Waals surface area contributed by atoms with Crippen LogP contribution in [0, 0.1) is 0 Å². The summed E-state index contributed by atoms with van der Waals surface area (Å²) in [5, 5.41) is 3.31. The summed E-state index contributed by atoms with van der Waals surface area (Å²) in [4.78, 5) is 0. The summed E-state index contributed by atoms with van der Waals surface area (Å²) in [5.74, 6) is 0. The van der Waals surface area contributed by atoms with Gasteiger partial charge in [0.2, 0.25) is 0 Å². The molecule has 2 aromatic carbocycles. The van der Waals surface area contributed by atoms with E-state index in [9.17, 15) is 0 Å². The molecular weight excluding hydrogens is 206 g/mol. The molecule has 0 aliphatic rings. The SMILES string of the molecule is CCNc1ccc(CCc2ccccc2)cc1. The van der Waals surface area contributed by atoms with Crippen molar-refractivity contribution in [3.63, 3.8) is 0 Å². The topological polar surface area (TPSA) is 12.0 Å². The quantitative estimate of drug-likeness (QED) is 0.813. The lowest BCUT2D eigenvalue weighted by Gasteiger charge is -2.05. The van der Waals surface area contributed by atoms with Gasteiger partial charge in [-0.2, -0.15) is 0 Å². The Morgan fingerprint density at radius 3 is 1.94 bits per heavy atom. The summed E-state index contributed by atoms with van der Waals surface area (Å²) in [6.07, 6.45) is 2.22. The minimum atomic E-state index is 0.976. The van der Waals surface area contributed by atoms with E-state index in [0.29, 0.717) is 0 Å². The Morgan fingerprint density at radius 2 is 1.35 bits per heavy atom. The minimum absolute atomic E-state index is 0.976. The Bertz CT molecular complexity index is 431. The van der Waals surface area contributed by atoms with Crippen LogP contribution in [0.25, 0.3) is 0 Å². The summed E-state index contributed by atoms with van der Waals surface area (Å²) in [7, 11) is 0. The summed E-state index contributed by atoms with van der Waals surface area (Å²) >= 11 is 0. The molecule has 0 atom stereocenters. The number of anilines is 1. The fourth-order valence-electron chi connectivity index (χ4n) is 1.93. The van der Waals surface area contributed by atoms with E-state index in [2.05, 4.69) is 66.8 Å². The predicted octanol–water partition coefficient (Wildman–Crippen LogP) is 3.90. The molecule has 0 radical (unpaired) electrons. The van der Waals surface area contributed by atoms with Crippen LogP contribution in [-0.4, -0.2) is 6.54 Å². The average Bonchev–Trinajstić information content (AvgIpc) is 2.40. The van der Waals surface area contributed by atoms with Gasteiger partial charge in [-0.05, 0) is 43.0 Å². The van der Waals surface area contributed by atoms with E-state index in [1.807, 2.05) is 0 Å². The van der Waals surface area contributed by atoms with Crippen molar-refractivity contribution in [1.29, 1.82) is 0 Å². The van der Waals surface area contributed by atoms with Crippen molar-refractivity contribution in [2.75, 3.05) is 11.9 Å². The van der Waals surface area contributed by atoms with Crippen molar-refractivity contribution in [2.24, 2.45) is 0 Å². The highest BCUT2D eigenvalue weighted by atomic mass is 14.8. The van der Waals surface area contributed by atoms with E-state index in [1.54, 1.807) is 0 Å². The second-order valence-corrected chi connectivity index (χ2v) is 4.21. The summed E-state index contributed by atoms with van der Waals surface area (Å²) in [5.41, 5.74) is 4.01. The van der Waals surface area contributed by atoms with Gasteiger partial charge in [0.1, 0.15) is 0 Å². The number of hydrogen-bond acceptors (Lipinski definition) is 1. The molecule has 0 aromatic heterocycles. The van der Waals surface area contributed by atoms with Gasteiger partial charge in [-0.3, -0.25) is 0 Å². The maximum Gasteiger partial charge on any atom is 0.0340 e. The summed E-state index contributed by atoms with van der Waals surface area (Å²) in [6.45, 7) is 3.09. The molecule has 1 N–H and O–H groups in total.